The van der Waals surface area contributed by atoms with Crippen molar-refractivity contribution in [3.63, 3.8) is 0 Å². The van der Waals surface area contributed by atoms with E-state index in [9.17, 15) is 4.79 Å². The Morgan fingerprint density at radius 1 is 1.44 bits per heavy atom. The topological polar surface area (TPSA) is 55.1 Å². The van der Waals surface area contributed by atoms with E-state index in [1.165, 1.54) is 25.7 Å². The van der Waals surface area contributed by atoms with Crippen LogP contribution in [0.25, 0.3) is 0 Å². The Morgan fingerprint density at radius 2 is 2.22 bits per heavy atom. The monoisotopic (exact) mass is 266 g/mol. The molecular weight excluding hydrogens is 248 g/mol. The minimum Gasteiger partial charge on any atom is -0.366 e. The van der Waals surface area contributed by atoms with Crippen LogP contribution in [-0.4, -0.2) is 12.5 Å². The highest BCUT2D eigenvalue weighted by molar-refractivity contribution is 6.31. The van der Waals surface area contributed by atoms with Gasteiger partial charge in [0, 0.05) is 17.1 Å². The Kier molecular flexibility index (Phi) is 4.61. The van der Waals surface area contributed by atoms with Crippen molar-refractivity contribution in [2.24, 2.45) is 11.7 Å². The standard InChI is InChI=1S/C14H19ClN2O/c15-13-8-11(14(16)18)5-6-12(13)9-17-7-1-2-10-3-4-10/h5-6,8,10,17H,1-4,7,9H2,(H2,16,18). The van der Waals surface area contributed by atoms with Crippen molar-refractivity contribution in [2.75, 3.05) is 6.54 Å². The fourth-order valence-corrected chi connectivity index (χ4v) is 2.24. The molecule has 0 radical (unpaired) electrons. The molecule has 1 aromatic carbocycles. The Hall–Kier alpha value is -1.06. The van der Waals surface area contributed by atoms with Gasteiger partial charge in [-0.3, -0.25) is 4.79 Å². The summed E-state index contributed by atoms with van der Waals surface area (Å²) in [5, 5.41) is 3.97. The molecule has 1 amide bonds. The summed E-state index contributed by atoms with van der Waals surface area (Å²) >= 11 is 6.10. The number of hydrogen-bond donors (Lipinski definition) is 2. The first kappa shape index (κ1) is 13.4. The van der Waals surface area contributed by atoms with Crippen LogP contribution in [-0.2, 0) is 6.54 Å². The molecule has 0 aliphatic heterocycles. The van der Waals surface area contributed by atoms with Crippen molar-refractivity contribution in [3.05, 3.63) is 34.3 Å². The highest BCUT2D eigenvalue weighted by Gasteiger charge is 2.19. The Labute approximate surface area is 113 Å². The van der Waals surface area contributed by atoms with E-state index in [2.05, 4.69) is 5.32 Å². The minimum atomic E-state index is -0.444. The summed E-state index contributed by atoms with van der Waals surface area (Å²) in [5.74, 6) is 0.547. The summed E-state index contributed by atoms with van der Waals surface area (Å²) in [4.78, 5) is 11.0. The van der Waals surface area contributed by atoms with Gasteiger partial charge in [0.15, 0.2) is 0 Å². The van der Waals surface area contributed by atoms with Crippen molar-refractivity contribution in [1.29, 1.82) is 0 Å². The van der Waals surface area contributed by atoms with Crippen LogP contribution in [0.2, 0.25) is 5.02 Å². The number of carbonyl (C=O) groups is 1. The minimum absolute atomic E-state index is 0.444. The third-order valence-electron chi connectivity index (χ3n) is 3.32. The highest BCUT2D eigenvalue weighted by atomic mass is 35.5. The number of rotatable bonds is 7. The smallest absolute Gasteiger partial charge is 0.248 e. The van der Waals surface area contributed by atoms with Crippen LogP contribution in [0.4, 0.5) is 0 Å². The average molecular weight is 267 g/mol. The maximum Gasteiger partial charge on any atom is 0.248 e. The summed E-state index contributed by atoms with van der Waals surface area (Å²) in [6, 6.07) is 5.21. The lowest BCUT2D eigenvalue weighted by molar-refractivity contribution is 0.100. The van der Waals surface area contributed by atoms with Gasteiger partial charge in [-0.05, 0) is 43.0 Å². The number of primary amides is 1. The lowest BCUT2D eigenvalue weighted by atomic mass is 10.1. The zero-order valence-electron chi connectivity index (χ0n) is 10.4. The van der Waals surface area contributed by atoms with Gasteiger partial charge in [-0.2, -0.15) is 0 Å². The van der Waals surface area contributed by atoms with Gasteiger partial charge in [-0.15, -0.1) is 0 Å². The van der Waals surface area contributed by atoms with Crippen LogP contribution in [0, 0.1) is 5.92 Å². The number of nitrogens with one attached hydrogen (secondary N) is 1. The molecule has 0 aromatic heterocycles. The number of carbonyl (C=O) groups excluding carboxylic acids is 1. The molecule has 3 N–H and O–H groups in total. The number of benzene rings is 1. The Balaban J connectivity index is 1.75. The molecule has 1 aromatic rings. The molecule has 1 aliphatic rings. The van der Waals surface area contributed by atoms with E-state index in [4.69, 9.17) is 17.3 Å². The molecule has 0 saturated heterocycles. The van der Waals surface area contributed by atoms with E-state index >= 15 is 0 Å². The quantitative estimate of drug-likeness (QED) is 0.746. The second kappa shape index (κ2) is 6.21. The van der Waals surface area contributed by atoms with Crippen molar-refractivity contribution in [3.8, 4) is 0 Å². The molecule has 18 heavy (non-hydrogen) atoms. The van der Waals surface area contributed by atoms with E-state index in [0.29, 0.717) is 10.6 Å². The molecule has 2 rings (SSSR count). The Bertz CT molecular complexity index is 430. The lowest BCUT2D eigenvalue weighted by Crippen LogP contribution is -2.16. The SMILES string of the molecule is NC(=O)c1ccc(CNCCCC2CC2)c(Cl)c1. The number of nitrogens with two attached hydrogens (primary N) is 1. The fraction of sp³-hybridized carbons (Fsp3) is 0.500. The van der Waals surface area contributed by atoms with Gasteiger partial charge in [0.2, 0.25) is 5.91 Å². The molecule has 1 saturated carbocycles. The number of hydrogen-bond acceptors (Lipinski definition) is 2. The van der Waals surface area contributed by atoms with E-state index in [1.54, 1.807) is 12.1 Å². The molecule has 0 atom stereocenters. The third kappa shape index (κ3) is 4.00. The third-order valence-corrected chi connectivity index (χ3v) is 3.67. The second-order valence-corrected chi connectivity index (χ2v) is 5.34. The predicted molar refractivity (Wildman–Crippen MR) is 73.6 cm³/mol. The van der Waals surface area contributed by atoms with Gasteiger partial charge < -0.3 is 11.1 Å². The molecule has 98 valence electrons. The van der Waals surface area contributed by atoms with Crippen LogP contribution < -0.4 is 11.1 Å². The van der Waals surface area contributed by atoms with E-state index in [-0.39, 0.29) is 0 Å². The van der Waals surface area contributed by atoms with Crippen LogP contribution >= 0.6 is 11.6 Å². The maximum absolute atomic E-state index is 11.0. The molecule has 0 heterocycles. The molecule has 1 fully saturated rings. The maximum atomic E-state index is 11.0. The fourth-order valence-electron chi connectivity index (χ4n) is 1.99. The van der Waals surface area contributed by atoms with Crippen LogP contribution in [0.5, 0.6) is 0 Å². The first-order valence-electron chi connectivity index (χ1n) is 6.46. The summed E-state index contributed by atoms with van der Waals surface area (Å²) in [5.41, 5.74) is 6.66. The zero-order chi connectivity index (χ0) is 13.0. The van der Waals surface area contributed by atoms with Gasteiger partial charge in [0.05, 0.1) is 0 Å². The van der Waals surface area contributed by atoms with Gasteiger partial charge in [-0.25, -0.2) is 0 Å². The predicted octanol–water partition coefficient (Wildman–Crippen LogP) is 2.72. The van der Waals surface area contributed by atoms with E-state index < -0.39 is 5.91 Å². The zero-order valence-corrected chi connectivity index (χ0v) is 11.2. The largest absolute Gasteiger partial charge is 0.366 e. The second-order valence-electron chi connectivity index (χ2n) is 4.93. The highest BCUT2D eigenvalue weighted by Crippen LogP contribution is 2.33. The first-order chi connectivity index (χ1) is 8.66. The van der Waals surface area contributed by atoms with Gasteiger partial charge in [-0.1, -0.05) is 30.5 Å². The van der Waals surface area contributed by atoms with Crippen molar-refractivity contribution in [1.82, 2.24) is 5.32 Å². The summed E-state index contributed by atoms with van der Waals surface area (Å²) in [6.45, 7) is 1.76. The van der Waals surface area contributed by atoms with Crippen molar-refractivity contribution >= 4 is 17.5 Å². The molecule has 0 unspecified atom stereocenters. The van der Waals surface area contributed by atoms with Crippen LogP contribution in [0.3, 0.4) is 0 Å². The summed E-state index contributed by atoms with van der Waals surface area (Å²) < 4.78 is 0. The summed E-state index contributed by atoms with van der Waals surface area (Å²) in [7, 11) is 0. The van der Waals surface area contributed by atoms with Gasteiger partial charge in [0.1, 0.15) is 0 Å². The van der Waals surface area contributed by atoms with Crippen LogP contribution in [0.1, 0.15) is 41.6 Å². The van der Waals surface area contributed by atoms with Crippen LogP contribution in [0.15, 0.2) is 18.2 Å². The Morgan fingerprint density at radius 3 is 2.83 bits per heavy atom. The molecule has 0 spiro atoms. The molecule has 3 nitrogen and oxygen atoms in total. The van der Waals surface area contributed by atoms with Crippen molar-refractivity contribution < 1.29 is 4.79 Å². The first-order valence-corrected chi connectivity index (χ1v) is 6.83. The van der Waals surface area contributed by atoms with Crippen molar-refractivity contribution in [2.45, 2.75) is 32.2 Å². The van der Waals surface area contributed by atoms with E-state index in [1.807, 2.05) is 6.07 Å². The normalized spacial score (nSPS) is 14.7. The van der Waals surface area contributed by atoms with Gasteiger partial charge in [0.25, 0.3) is 0 Å². The summed E-state index contributed by atoms with van der Waals surface area (Å²) in [6.07, 6.45) is 5.39. The average Bonchev–Trinajstić information content (AvgIpc) is 3.14. The molecule has 4 heteroatoms. The lowest BCUT2D eigenvalue weighted by Gasteiger charge is -2.07. The molecule has 1 aliphatic carbocycles. The number of halogens is 1. The molecular formula is C14H19ClN2O. The molecule has 0 bridgehead atoms. The number of amides is 1. The van der Waals surface area contributed by atoms with E-state index in [0.717, 1.165) is 24.6 Å². The van der Waals surface area contributed by atoms with Gasteiger partial charge >= 0.3 is 0 Å².